The number of esters is 1. The zero-order valence-electron chi connectivity index (χ0n) is 22.0. The Labute approximate surface area is 228 Å². The normalized spacial score (nSPS) is 17.5. The predicted molar refractivity (Wildman–Crippen MR) is 149 cm³/mol. The van der Waals surface area contributed by atoms with E-state index in [1.807, 2.05) is 47.4 Å². The molecule has 0 radical (unpaired) electrons. The van der Waals surface area contributed by atoms with Gasteiger partial charge in [-0.1, -0.05) is 30.3 Å². The van der Waals surface area contributed by atoms with E-state index >= 15 is 0 Å². The van der Waals surface area contributed by atoms with E-state index in [1.165, 1.54) is 12.1 Å². The molecule has 1 amide bonds. The SMILES string of the molecule is O=C(OCCC1Oc2ccccc2N(CCCCN2CCN(c3ccc(F)cc3)CC2)C1=O)c1ccccc1. The lowest BCUT2D eigenvalue weighted by Crippen LogP contribution is -2.47. The molecular weight excluding hydrogens is 497 g/mol. The first kappa shape index (κ1) is 26.7. The van der Waals surface area contributed by atoms with Crippen molar-refractivity contribution in [2.45, 2.75) is 25.4 Å². The first-order valence-electron chi connectivity index (χ1n) is 13.6. The molecule has 2 aliphatic rings. The first-order valence-corrected chi connectivity index (χ1v) is 13.6. The number of amides is 1. The summed E-state index contributed by atoms with van der Waals surface area (Å²) in [6.45, 7) is 5.42. The Balaban J connectivity index is 1.09. The summed E-state index contributed by atoms with van der Waals surface area (Å²) in [5.74, 6) is -0.0445. The van der Waals surface area contributed by atoms with Crippen molar-refractivity contribution < 1.29 is 23.5 Å². The van der Waals surface area contributed by atoms with E-state index in [2.05, 4.69) is 9.80 Å². The maximum absolute atomic E-state index is 13.3. The van der Waals surface area contributed by atoms with Gasteiger partial charge in [-0.25, -0.2) is 9.18 Å². The van der Waals surface area contributed by atoms with Crippen molar-refractivity contribution in [2.24, 2.45) is 0 Å². The topological polar surface area (TPSA) is 62.3 Å². The largest absolute Gasteiger partial charge is 0.478 e. The summed E-state index contributed by atoms with van der Waals surface area (Å²) in [4.78, 5) is 32.1. The van der Waals surface area contributed by atoms with Gasteiger partial charge in [0.2, 0.25) is 0 Å². The third kappa shape index (κ3) is 6.75. The van der Waals surface area contributed by atoms with E-state index in [1.54, 1.807) is 24.3 Å². The number of piperazine rings is 1. The maximum Gasteiger partial charge on any atom is 0.338 e. The average Bonchev–Trinajstić information content (AvgIpc) is 2.98. The highest BCUT2D eigenvalue weighted by molar-refractivity contribution is 6.00. The number of carbonyl (C=O) groups is 2. The molecule has 0 bridgehead atoms. The molecule has 2 aliphatic heterocycles. The lowest BCUT2D eigenvalue weighted by molar-refractivity contribution is -0.127. The number of hydrogen-bond donors (Lipinski definition) is 0. The lowest BCUT2D eigenvalue weighted by atomic mass is 10.1. The number of hydrogen-bond acceptors (Lipinski definition) is 6. The van der Waals surface area contributed by atoms with Crippen molar-refractivity contribution in [2.75, 3.05) is 55.7 Å². The van der Waals surface area contributed by atoms with Crippen LogP contribution in [0.4, 0.5) is 15.8 Å². The molecule has 0 N–H and O–H groups in total. The highest BCUT2D eigenvalue weighted by atomic mass is 19.1. The standard InChI is InChI=1S/C31H34FN3O4/c32-25-12-14-26(15-13-25)34-21-19-33(20-22-34)17-6-7-18-35-27-10-4-5-11-28(27)39-29(30(35)36)16-23-38-31(37)24-8-2-1-3-9-24/h1-5,8-15,29H,6-7,16-23H2. The van der Waals surface area contributed by atoms with E-state index in [-0.39, 0.29) is 18.3 Å². The highest BCUT2D eigenvalue weighted by Crippen LogP contribution is 2.34. The van der Waals surface area contributed by atoms with Gasteiger partial charge in [0.25, 0.3) is 5.91 Å². The third-order valence-corrected chi connectivity index (χ3v) is 7.26. The molecular formula is C31H34FN3O4. The molecule has 3 aromatic carbocycles. The van der Waals surface area contributed by atoms with E-state index in [4.69, 9.17) is 9.47 Å². The fraction of sp³-hybridized carbons (Fsp3) is 0.355. The molecule has 0 aromatic heterocycles. The second-order valence-electron chi connectivity index (χ2n) is 9.87. The Kier molecular flexibility index (Phi) is 8.73. The zero-order valence-corrected chi connectivity index (χ0v) is 22.0. The van der Waals surface area contributed by atoms with E-state index in [0.29, 0.717) is 24.3 Å². The van der Waals surface area contributed by atoms with Crippen LogP contribution in [0.2, 0.25) is 0 Å². The Hall–Kier alpha value is -3.91. The molecule has 2 heterocycles. The second-order valence-corrected chi connectivity index (χ2v) is 9.87. The van der Waals surface area contributed by atoms with Crippen molar-refractivity contribution in [3.05, 3.63) is 90.2 Å². The van der Waals surface area contributed by atoms with Crippen LogP contribution in [0.15, 0.2) is 78.9 Å². The molecule has 39 heavy (non-hydrogen) atoms. The quantitative estimate of drug-likeness (QED) is 0.278. The van der Waals surface area contributed by atoms with Crippen LogP contribution in [0.5, 0.6) is 5.75 Å². The number of fused-ring (bicyclic) bond motifs is 1. The highest BCUT2D eigenvalue weighted by Gasteiger charge is 2.34. The molecule has 0 spiro atoms. The summed E-state index contributed by atoms with van der Waals surface area (Å²) in [6, 6.07) is 23.1. The van der Waals surface area contributed by atoms with Crippen LogP contribution in [0.25, 0.3) is 0 Å². The average molecular weight is 532 g/mol. The van der Waals surface area contributed by atoms with Gasteiger partial charge < -0.3 is 19.3 Å². The van der Waals surface area contributed by atoms with Gasteiger partial charge in [0.05, 0.1) is 17.9 Å². The van der Waals surface area contributed by atoms with Crippen molar-refractivity contribution >= 4 is 23.3 Å². The molecule has 1 unspecified atom stereocenters. The van der Waals surface area contributed by atoms with Gasteiger partial charge in [0.1, 0.15) is 11.6 Å². The van der Waals surface area contributed by atoms with E-state index < -0.39 is 12.1 Å². The molecule has 204 valence electrons. The van der Waals surface area contributed by atoms with Crippen LogP contribution >= 0.6 is 0 Å². The smallest absolute Gasteiger partial charge is 0.338 e. The van der Waals surface area contributed by atoms with Crippen LogP contribution < -0.4 is 14.5 Å². The summed E-state index contributed by atoms with van der Waals surface area (Å²) in [5, 5.41) is 0. The van der Waals surface area contributed by atoms with E-state index in [0.717, 1.165) is 56.9 Å². The molecule has 7 nitrogen and oxygen atoms in total. The number of nitrogens with zero attached hydrogens (tertiary/aromatic N) is 3. The van der Waals surface area contributed by atoms with Crippen LogP contribution in [0, 0.1) is 5.82 Å². The van der Waals surface area contributed by atoms with Crippen molar-refractivity contribution in [1.82, 2.24) is 4.90 Å². The van der Waals surface area contributed by atoms with Gasteiger partial charge in [-0.3, -0.25) is 9.69 Å². The Morgan fingerprint density at radius 3 is 2.33 bits per heavy atom. The summed E-state index contributed by atoms with van der Waals surface area (Å²) >= 11 is 0. The fourth-order valence-electron chi connectivity index (χ4n) is 5.09. The first-order chi connectivity index (χ1) is 19.1. The molecule has 1 saturated heterocycles. The summed E-state index contributed by atoms with van der Waals surface area (Å²) in [7, 11) is 0. The van der Waals surface area contributed by atoms with Crippen LogP contribution in [0.3, 0.4) is 0 Å². The Morgan fingerprint density at radius 1 is 0.872 bits per heavy atom. The third-order valence-electron chi connectivity index (χ3n) is 7.26. The van der Waals surface area contributed by atoms with E-state index in [9.17, 15) is 14.0 Å². The van der Waals surface area contributed by atoms with Gasteiger partial charge >= 0.3 is 5.97 Å². The number of anilines is 2. The number of benzene rings is 3. The number of ether oxygens (including phenoxy) is 2. The minimum Gasteiger partial charge on any atom is -0.478 e. The van der Waals surface area contributed by atoms with Crippen molar-refractivity contribution in [3.63, 3.8) is 0 Å². The predicted octanol–water partition coefficient (Wildman–Crippen LogP) is 4.77. The van der Waals surface area contributed by atoms with Crippen LogP contribution in [-0.4, -0.2) is 68.8 Å². The molecule has 1 fully saturated rings. The van der Waals surface area contributed by atoms with Crippen LogP contribution in [-0.2, 0) is 9.53 Å². The number of unbranched alkanes of at least 4 members (excludes halogenated alkanes) is 1. The van der Waals surface area contributed by atoms with Gasteiger partial charge in [0.15, 0.2) is 6.10 Å². The minimum absolute atomic E-state index is 0.0997. The maximum atomic E-state index is 13.3. The molecule has 0 aliphatic carbocycles. The summed E-state index contributed by atoms with van der Waals surface area (Å²) in [6.07, 6.45) is 1.44. The summed E-state index contributed by atoms with van der Waals surface area (Å²) < 4.78 is 24.6. The van der Waals surface area contributed by atoms with Gasteiger partial charge in [-0.2, -0.15) is 0 Å². The number of carbonyl (C=O) groups excluding carboxylic acids is 2. The summed E-state index contributed by atoms with van der Waals surface area (Å²) in [5.41, 5.74) is 2.33. The zero-order chi connectivity index (χ0) is 27.0. The fourth-order valence-corrected chi connectivity index (χ4v) is 5.09. The molecule has 1 atom stereocenters. The van der Waals surface area contributed by atoms with Crippen molar-refractivity contribution in [1.29, 1.82) is 0 Å². The molecule has 8 heteroatoms. The van der Waals surface area contributed by atoms with Gasteiger partial charge in [-0.05, 0) is 67.9 Å². The molecule has 0 saturated carbocycles. The Bertz CT molecular complexity index is 1250. The Morgan fingerprint density at radius 2 is 1.56 bits per heavy atom. The van der Waals surface area contributed by atoms with Gasteiger partial charge in [-0.15, -0.1) is 0 Å². The van der Waals surface area contributed by atoms with Gasteiger partial charge in [0, 0.05) is 44.8 Å². The lowest BCUT2D eigenvalue weighted by Gasteiger charge is -2.36. The van der Waals surface area contributed by atoms with Crippen LogP contribution in [0.1, 0.15) is 29.6 Å². The number of rotatable bonds is 10. The van der Waals surface area contributed by atoms with Crippen molar-refractivity contribution in [3.8, 4) is 5.75 Å². The minimum atomic E-state index is -0.692. The monoisotopic (exact) mass is 531 g/mol. The molecule has 5 rings (SSSR count). The number of halogens is 1. The number of para-hydroxylation sites is 2. The molecule has 3 aromatic rings. The second kappa shape index (κ2) is 12.8.